The molecule has 0 bridgehead atoms. The number of nitrogens with one attached hydrogen (secondary N) is 1. The molecule has 1 aromatic heterocycles. The van der Waals surface area contributed by atoms with Gasteiger partial charge in [-0.15, -0.1) is 0 Å². The minimum absolute atomic E-state index is 0.0216. The van der Waals surface area contributed by atoms with Crippen molar-refractivity contribution in [1.82, 2.24) is 4.98 Å². The Kier molecular flexibility index (Phi) is 6.16. The van der Waals surface area contributed by atoms with Gasteiger partial charge in [0.05, 0.1) is 15.6 Å². The lowest BCUT2D eigenvalue weighted by Crippen LogP contribution is -2.18. The molecule has 0 unspecified atom stereocenters. The fraction of sp³-hybridized carbons (Fsp3) is 0.182. The van der Waals surface area contributed by atoms with Crippen molar-refractivity contribution in [2.24, 2.45) is 0 Å². The SMILES string of the molecule is CC(C)(C)c1ccc(S(=O)(=O)Nc2cc(Cl)cnc2C(=O)c2ccc(F)c(F)c2)cc1. The number of carbonyl (C=O) groups is 1. The van der Waals surface area contributed by atoms with Crippen LogP contribution in [-0.4, -0.2) is 19.2 Å². The van der Waals surface area contributed by atoms with Gasteiger partial charge >= 0.3 is 0 Å². The lowest BCUT2D eigenvalue weighted by Gasteiger charge is -2.19. The molecule has 5 nitrogen and oxygen atoms in total. The van der Waals surface area contributed by atoms with Crippen LogP contribution in [0.25, 0.3) is 0 Å². The third kappa shape index (κ3) is 5.08. The van der Waals surface area contributed by atoms with Crippen molar-refractivity contribution >= 4 is 33.1 Å². The molecule has 0 saturated heterocycles. The molecule has 1 N–H and O–H groups in total. The Hall–Kier alpha value is -2.84. The van der Waals surface area contributed by atoms with E-state index in [1.54, 1.807) is 12.1 Å². The number of sulfonamides is 1. The largest absolute Gasteiger partial charge is 0.287 e. The van der Waals surface area contributed by atoms with Gasteiger partial charge in [0.15, 0.2) is 11.6 Å². The van der Waals surface area contributed by atoms with Gasteiger partial charge < -0.3 is 0 Å². The topological polar surface area (TPSA) is 76.1 Å². The molecule has 0 saturated carbocycles. The molecule has 0 fully saturated rings. The van der Waals surface area contributed by atoms with Gasteiger partial charge in [0.2, 0.25) is 5.78 Å². The summed E-state index contributed by atoms with van der Waals surface area (Å²) >= 11 is 5.94. The van der Waals surface area contributed by atoms with Gasteiger partial charge in [-0.1, -0.05) is 44.5 Å². The summed E-state index contributed by atoms with van der Waals surface area (Å²) in [6.45, 7) is 6.01. The number of ketones is 1. The summed E-state index contributed by atoms with van der Waals surface area (Å²) in [7, 11) is -4.08. The van der Waals surface area contributed by atoms with E-state index < -0.39 is 27.4 Å². The lowest BCUT2D eigenvalue weighted by atomic mass is 9.87. The van der Waals surface area contributed by atoms with Crippen LogP contribution in [0.4, 0.5) is 14.5 Å². The lowest BCUT2D eigenvalue weighted by molar-refractivity contribution is 0.103. The summed E-state index contributed by atoms with van der Waals surface area (Å²) in [6, 6.07) is 10.2. The zero-order valence-electron chi connectivity index (χ0n) is 16.9. The summed E-state index contributed by atoms with van der Waals surface area (Å²) < 4.78 is 54.8. The Morgan fingerprint density at radius 3 is 2.23 bits per heavy atom. The molecule has 1 heterocycles. The predicted molar refractivity (Wildman–Crippen MR) is 115 cm³/mol. The molecule has 0 atom stereocenters. The first-order valence-electron chi connectivity index (χ1n) is 9.17. The Morgan fingerprint density at radius 2 is 1.65 bits per heavy atom. The van der Waals surface area contributed by atoms with E-state index in [4.69, 9.17) is 11.6 Å². The Balaban J connectivity index is 1.98. The van der Waals surface area contributed by atoms with Crippen molar-refractivity contribution in [3.05, 3.63) is 88.2 Å². The van der Waals surface area contributed by atoms with Gasteiger partial charge in [0.25, 0.3) is 10.0 Å². The van der Waals surface area contributed by atoms with Crippen molar-refractivity contribution < 1.29 is 22.0 Å². The van der Waals surface area contributed by atoms with E-state index >= 15 is 0 Å². The first-order chi connectivity index (χ1) is 14.4. The molecule has 0 aliphatic heterocycles. The van der Waals surface area contributed by atoms with Crippen molar-refractivity contribution in [2.75, 3.05) is 4.72 Å². The summed E-state index contributed by atoms with van der Waals surface area (Å²) in [5, 5.41) is 0.0858. The van der Waals surface area contributed by atoms with E-state index in [1.807, 2.05) is 20.8 Å². The molecule has 0 aliphatic carbocycles. The van der Waals surface area contributed by atoms with Crippen LogP contribution in [0.1, 0.15) is 42.4 Å². The third-order valence-electron chi connectivity index (χ3n) is 4.53. The monoisotopic (exact) mass is 464 g/mol. The maximum absolute atomic E-state index is 13.5. The molecule has 0 radical (unpaired) electrons. The van der Waals surface area contributed by atoms with Crippen LogP contribution in [0.2, 0.25) is 5.02 Å². The van der Waals surface area contributed by atoms with Gasteiger partial charge in [0, 0.05) is 11.8 Å². The molecular weight excluding hydrogens is 446 g/mol. The number of aromatic nitrogens is 1. The van der Waals surface area contributed by atoms with E-state index in [0.29, 0.717) is 0 Å². The fourth-order valence-corrected chi connectivity index (χ4v) is 4.03. The first kappa shape index (κ1) is 22.8. The molecule has 0 spiro atoms. The van der Waals surface area contributed by atoms with E-state index in [2.05, 4.69) is 9.71 Å². The number of hydrogen-bond acceptors (Lipinski definition) is 4. The van der Waals surface area contributed by atoms with E-state index in [0.717, 1.165) is 30.0 Å². The summed E-state index contributed by atoms with van der Waals surface area (Å²) in [4.78, 5) is 16.7. The van der Waals surface area contributed by atoms with Crippen LogP contribution in [-0.2, 0) is 15.4 Å². The normalized spacial score (nSPS) is 11.9. The second-order valence-corrected chi connectivity index (χ2v) is 10.0. The number of rotatable bonds is 5. The number of nitrogens with zero attached hydrogens (tertiary/aromatic N) is 1. The highest BCUT2D eigenvalue weighted by Crippen LogP contribution is 2.27. The van der Waals surface area contributed by atoms with Gasteiger partial charge in [0.1, 0.15) is 5.69 Å². The number of halogens is 3. The van der Waals surface area contributed by atoms with E-state index in [1.165, 1.54) is 18.2 Å². The van der Waals surface area contributed by atoms with Crippen LogP contribution in [0.5, 0.6) is 0 Å². The molecule has 31 heavy (non-hydrogen) atoms. The zero-order valence-corrected chi connectivity index (χ0v) is 18.5. The Morgan fingerprint density at radius 1 is 1.00 bits per heavy atom. The quantitative estimate of drug-likeness (QED) is 0.517. The minimum atomic E-state index is -4.08. The highest BCUT2D eigenvalue weighted by atomic mass is 35.5. The molecule has 0 amide bonds. The summed E-state index contributed by atoms with van der Waals surface area (Å²) in [5.41, 5.74) is 0.123. The molecule has 3 aromatic rings. The first-order valence-corrected chi connectivity index (χ1v) is 11.0. The van der Waals surface area contributed by atoms with Crippen LogP contribution < -0.4 is 4.72 Å². The Labute approximate surface area is 184 Å². The second kappa shape index (κ2) is 8.36. The molecular formula is C22H19ClF2N2O3S. The molecule has 2 aromatic carbocycles. The van der Waals surface area contributed by atoms with Crippen molar-refractivity contribution in [3.63, 3.8) is 0 Å². The third-order valence-corrected chi connectivity index (χ3v) is 6.11. The van der Waals surface area contributed by atoms with Crippen molar-refractivity contribution in [1.29, 1.82) is 0 Å². The maximum atomic E-state index is 13.5. The number of anilines is 1. The average Bonchev–Trinajstić information content (AvgIpc) is 2.69. The summed E-state index contributed by atoms with van der Waals surface area (Å²) in [5.74, 6) is -3.11. The fourth-order valence-electron chi connectivity index (χ4n) is 2.81. The van der Waals surface area contributed by atoms with Gasteiger partial charge in [-0.2, -0.15) is 0 Å². The van der Waals surface area contributed by atoms with Crippen molar-refractivity contribution in [3.8, 4) is 0 Å². The standard InChI is InChI=1S/C22H19ClF2N2O3S/c1-22(2,3)14-5-7-16(8-6-14)31(29,30)27-19-11-15(23)12-26-20(19)21(28)13-4-9-17(24)18(25)10-13/h4-12,27H,1-3H3. The molecule has 0 aliphatic rings. The number of pyridine rings is 1. The van der Waals surface area contributed by atoms with Crippen molar-refractivity contribution in [2.45, 2.75) is 31.1 Å². The van der Waals surface area contributed by atoms with Crippen LogP contribution in [0.15, 0.2) is 59.6 Å². The summed E-state index contributed by atoms with van der Waals surface area (Å²) in [6.07, 6.45) is 1.16. The Bertz CT molecular complexity index is 1250. The smallest absolute Gasteiger partial charge is 0.261 e. The second-order valence-electron chi connectivity index (χ2n) is 7.89. The van der Waals surface area contributed by atoms with Crippen LogP contribution >= 0.6 is 11.6 Å². The zero-order chi connectivity index (χ0) is 23.0. The number of benzene rings is 2. The van der Waals surface area contributed by atoms with E-state index in [-0.39, 0.29) is 32.3 Å². The predicted octanol–water partition coefficient (Wildman–Crippen LogP) is 5.34. The van der Waals surface area contributed by atoms with Crippen LogP contribution in [0.3, 0.4) is 0 Å². The minimum Gasteiger partial charge on any atom is -0.287 e. The molecule has 9 heteroatoms. The molecule has 162 valence electrons. The number of hydrogen-bond donors (Lipinski definition) is 1. The van der Waals surface area contributed by atoms with E-state index in [9.17, 15) is 22.0 Å². The van der Waals surface area contributed by atoms with Crippen LogP contribution in [0, 0.1) is 11.6 Å². The average molecular weight is 465 g/mol. The molecule has 3 rings (SSSR count). The van der Waals surface area contributed by atoms with Gasteiger partial charge in [-0.25, -0.2) is 22.2 Å². The highest BCUT2D eigenvalue weighted by Gasteiger charge is 2.23. The van der Waals surface area contributed by atoms with Gasteiger partial charge in [-0.05, 0) is 47.4 Å². The van der Waals surface area contributed by atoms with Gasteiger partial charge in [-0.3, -0.25) is 9.52 Å². The number of carbonyl (C=O) groups excluding carboxylic acids is 1. The highest BCUT2D eigenvalue weighted by molar-refractivity contribution is 7.92. The maximum Gasteiger partial charge on any atom is 0.261 e.